The van der Waals surface area contributed by atoms with Crippen LogP contribution in [0.25, 0.3) is 11.0 Å². The summed E-state index contributed by atoms with van der Waals surface area (Å²) in [6.45, 7) is 1.05. The van der Waals surface area contributed by atoms with Crippen molar-refractivity contribution < 1.29 is 27.1 Å². The standard InChI is InChI=1S/C26H30F2N6O4S/c27-26(28)14-18(26)16-34-23-17(15-29-34)1-4-22(30-23)31-24(36)20-3-2-19(32-39(37,38)12-11-35)13-21(20)33-9-7-25(5-6-25)8-10-33/h1-4,13,15,18,32,35H,5-12,14,16H2,(H,30,31,36)/t18-/m0/s1. The first-order chi connectivity index (χ1) is 18.6. The largest absolute Gasteiger partial charge is 0.395 e. The molecule has 1 saturated heterocycles. The van der Waals surface area contributed by atoms with E-state index in [1.165, 1.54) is 23.6 Å². The lowest BCUT2D eigenvalue weighted by atomic mass is 9.93. The molecule has 1 atom stereocenters. The van der Waals surface area contributed by atoms with Crippen molar-refractivity contribution in [2.24, 2.45) is 11.3 Å². The maximum absolute atomic E-state index is 13.5. The Kier molecular flexibility index (Phi) is 6.25. The van der Waals surface area contributed by atoms with E-state index in [2.05, 4.69) is 25.0 Å². The third-order valence-electron chi connectivity index (χ3n) is 8.07. The molecule has 3 aliphatic rings. The predicted octanol–water partition coefficient (Wildman–Crippen LogP) is 3.45. The van der Waals surface area contributed by atoms with Gasteiger partial charge in [0.15, 0.2) is 5.65 Å². The second-order valence-electron chi connectivity index (χ2n) is 10.9. The van der Waals surface area contributed by atoms with E-state index in [1.54, 1.807) is 30.5 Å². The zero-order chi connectivity index (χ0) is 27.4. The van der Waals surface area contributed by atoms with Crippen molar-refractivity contribution in [1.82, 2.24) is 14.8 Å². The van der Waals surface area contributed by atoms with Crippen LogP contribution in [0.15, 0.2) is 36.5 Å². The number of fused-ring (bicyclic) bond motifs is 1. The molecule has 0 radical (unpaired) electrons. The summed E-state index contributed by atoms with van der Waals surface area (Å²) in [7, 11) is -3.74. The van der Waals surface area contributed by atoms with Crippen molar-refractivity contribution in [3.05, 3.63) is 42.1 Å². The second-order valence-corrected chi connectivity index (χ2v) is 12.8. The van der Waals surface area contributed by atoms with Crippen LogP contribution in [0.5, 0.6) is 0 Å². The van der Waals surface area contributed by atoms with Gasteiger partial charge in [0, 0.05) is 30.8 Å². The monoisotopic (exact) mass is 560 g/mol. The van der Waals surface area contributed by atoms with Gasteiger partial charge < -0.3 is 15.3 Å². The van der Waals surface area contributed by atoms with Crippen molar-refractivity contribution in [3.8, 4) is 0 Å². The minimum Gasteiger partial charge on any atom is -0.395 e. The molecular weight excluding hydrogens is 530 g/mol. The van der Waals surface area contributed by atoms with Crippen LogP contribution < -0.4 is 14.9 Å². The molecular formula is C26H30F2N6O4S. The molecule has 1 aliphatic heterocycles. The van der Waals surface area contributed by atoms with E-state index in [9.17, 15) is 22.0 Å². The highest BCUT2D eigenvalue weighted by Crippen LogP contribution is 2.54. The fourth-order valence-electron chi connectivity index (χ4n) is 5.31. The van der Waals surface area contributed by atoms with Gasteiger partial charge in [0.1, 0.15) is 5.82 Å². The van der Waals surface area contributed by atoms with E-state index >= 15 is 0 Å². The summed E-state index contributed by atoms with van der Waals surface area (Å²) in [6, 6.07) is 8.09. The Morgan fingerprint density at radius 1 is 1.13 bits per heavy atom. The normalized spacial score (nSPS) is 21.2. The highest BCUT2D eigenvalue weighted by molar-refractivity contribution is 7.92. The molecule has 13 heteroatoms. The van der Waals surface area contributed by atoms with Gasteiger partial charge in [0.25, 0.3) is 11.8 Å². The number of halogens is 2. The summed E-state index contributed by atoms with van der Waals surface area (Å²) in [6.07, 6.45) is 5.85. The Morgan fingerprint density at radius 3 is 2.54 bits per heavy atom. The van der Waals surface area contributed by atoms with Crippen molar-refractivity contribution >= 4 is 44.2 Å². The first kappa shape index (κ1) is 25.9. The third kappa shape index (κ3) is 5.42. The number of piperidine rings is 1. The quantitative estimate of drug-likeness (QED) is 0.366. The van der Waals surface area contributed by atoms with Crippen LogP contribution in [-0.2, 0) is 16.6 Å². The minimum atomic E-state index is -3.74. The summed E-state index contributed by atoms with van der Waals surface area (Å²) < 4.78 is 55.3. The number of carbonyl (C=O) groups is 1. The van der Waals surface area contributed by atoms with Gasteiger partial charge in [-0.15, -0.1) is 0 Å². The zero-order valence-corrected chi connectivity index (χ0v) is 22.1. The van der Waals surface area contributed by atoms with Gasteiger partial charge in [0.05, 0.1) is 42.0 Å². The molecule has 2 saturated carbocycles. The maximum atomic E-state index is 13.5. The summed E-state index contributed by atoms with van der Waals surface area (Å²) in [5.74, 6) is -4.04. The third-order valence-corrected chi connectivity index (χ3v) is 9.34. The number of hydrogen-bond acceptors (Lipinski definition) is 7. The molecule has 1 aromatic carbocycles. The van der Waals surface area contributed by atoms with Crippen LogP contribution in [0.1, 0.15) is 42.5 Å². The minimum absolute atomic E-state index is 0.0507. The number of amides is 1. The molecule has 3 N–H and O–H groups in total. The first-order valence-electron chi connectivity index (χ1n) is 13.1. The lowest BCUT2D eigenvalue weighted by molar-refractivity contribution is 0.0944. The van der Waals surface area contributed by atoms with Crippen molar-refractivity contribution in [3.63, 3.8) is 0 Å². The van der Waals surface area contributed by atoms with E-state index in [0.717, 1.165) is 25.9 Å². The maximum Gasteiger partial charge on any atom is 0.258 e. The summed E-state index contributed by atoms with van der Waals surface area (Å²) in [5.41, 5.74) is 2.10. The zero-order valence-electron chi connectivity index (χ0n) is 21.2. The number of hydrogen-bond donors (Lipinski definition) is 3. The number of aliphatic hydroxyl groups is 1. The second kappa shape index (κ2) is 9.40. The van der Waals surface area contributed by atoms with Gasteiger partial charge in [-0.1, -0.05) is 0 Å². The number of pyridine rings is 1. The Hall–Kier alpha value is -3.32. The number of nitrogens with one attached hydrogen (secondary N) is 2. The molecule has 39 heavy (non-hydrogen) atoms. The van der Waals surface area contributed by atoms with E-state index in [-0.39, 0.29) is 18.8 Å². The van der Waals surface area contributed by atoms with E-state index in [4.69, 9.17) is 5.11 Å². The molecule has 3 aromatic rings. The Labute approximate surface area is 224 Å². The van der Waals surface area contributed by atoms with E-state index in [0.29, 0.717) is 33.4 Å². The molecule has 3 heterocycles. The lowest BCUT2D eigenvalue weighted by Crippen LogP contribution is -2.35. The topological polar surface area (TPSA) is 129 Å². The molecule has 2 aliphatic carbocycles. The molecule has 0 unspecified atom stereocenters. The number of alkyl halides is 2. The van der Waals surface area contributed by atoms with Gasteiger partial charge in [-0.05, 0) is 61.4 Å². The van der Waals surface area contributed by atoms with Gasteiger partial charge in [-0.25, -0.2) is 26.9 Å². The molecule has 3 fully saturated rings. The lowest BCUT2D eigenvalue weighted by Gasteiger charge is -2.35. The first-order valence-corrected chi connectivity index (χ1v) is 14.7. The van der Waals surface area contributed by atoms with Crippen LogP contribution >= 0.6 is 0 Å². The molecule has 208 valence electrons. The Balaban J connectivity index is 1.26. The van der Waals surface area contributed by atoms with Crippen LogP contribution in [-0.4, -0.2) is 65.6 Å². The number of benzene rings is 1. The molecule has 1 amide bonds. The number of rotatable bonds is 9. The van der Waals surface area contributed by atoms with Crippen molar-refractivity contribution in [1.29, 1.82) is 0 Å². The summed E-state index contributed by atoms with van der Waals surface area (Å²) in [4.78, 5) is 20.1. The van der Waals surface area contributed by atoms with Gasteiger partial charge >= 0.3 is 0 Å². The highest BCUT2D eigenvalue weighted by Gasteiger charge is 2.57. The predicted molar refractivity (Wildman–Crippen MR) is 143 cm³/mol. The van der Waals surface area contributed by atoms with E-state index in [1.807, 2.05) is 0 Å². The number of carbonyl (C=O) groups excluding carboxylic acids is 1. The highest BCUT2D eigenvalue weighted by atomic mass is 32.2. The smallest absolute Gasteiger partial charge is 0.258 e. The molecule has 0 bridgehead atoms. The van der Waals surface area contributed by atoms with Gasteiger partial charge in [-0.2, -0.15) is 5.10 Å². The van der Waals surface area contributed by atoms with Gasteiger partial charge in [0.2, 0.25) is 10.0 Å². The van der Waals surface area contributed by atoms with Crippen LogP contribution in [0.3, 0.4) is 0 Å². The molecule has 6 rings (SSSR count). The molecule has 2 aromatic heterocycles. The molecule has 1 spiro atoms. The van der Waals surface area contributed by atoms with Crippen molar-refractivity contribution in [2.75, 3.05) is 40.4 Å². The number of nitrogens with zero attached hydrogens (tertiary/aromatic N) is 4. The average Bonchev–Trinajstić information content (AvgIpc) is 3.73. The summed E-state index contributed by atoms with van der Waals surface area (Å²) in [5, 5.41) is 16.7. The van der Waals surface area contributed by atoms with Crippen LogP contribution in [0.4, 0.5) is 26.0 Å². The number of aliphatic hydroxyl groups excluding tert-OH is 1. The average molecular weight is 561 g/mol. The fraction of sp³-hybridized carbons (Fsp3) is 0.500. The Bertz CT molecular complexity index is 1530. The SMILES string of the molecule is O=C(Nc1ccc2cnn(C[C@@H]3CC3(F)F)c2n1)c1ccc(NS(=O)(=O)CCO)cc1N1CCC2(CC1)CC2. The Morgan fingerprint density at radius 2 is 1.87 bits per heavy atom. The summed E-state index contributed by atoms with van der Waals surface area (Å²) >= 11 is 0. The van der Waals surface area contributed by atoms with Gasteiger partial charge in [-0.3, -0.25) is 9.52 Å². The fourth-order valence-corrected chi connectivity index (χ4v) is 6.14. The number of aromatic nitrogens is 3. The number of sulfonamides is 1. The van der Waals surface area contributed by atoms with Crippen LogP contribution in [0.2, 0.25) is 0 Å². The van der Waals surface area contributed by atoms with Crippen LogP contribution in [0, 0.1) is 11.3 Å². The molecule has 10 nitrogen and oxygen atoms in total. The number of anilines is 3. The van der Waals surface area contributed by atoms with Crippen molar-refractivity contribution in [2.45, 2.75) is 44.6 Å². The van der Waals surface area contributed by atoms with E-state index < -0.39 is 40.1 Å².